The number of halogens is 1. The molecule has 178 valence electrons. The van der Waals surface area contributed by atoms with E-state index in [9.17, 15) is 5.26 Å². The molecule has 3 N–H and O–H groups in total. The van der Waals surface area contributed by atoms with E-state index in [1.165, 1.54) is 6.21 Å². The van der Waals surface area contributed by atoms with Crippen molar-refractivity contribution in [3.8, 4) is 6.07 Å². The zero-order valence-electron chi connectivity index (χ0n) is 19.4. The van der Waals surface area contributed by atoms with E-state index in [0.717, 1.165) is 79.2 Å². The molecule has 3 aliphatic rings. The molecule has 8 nitrogen and oxygen atoms in total. The molecular formula is C25H30ClN7O. The van der Waals surface area contributed by atoms with E-state index in [1.807, 2.05) is 13.0 Å². The Balaban J connectivity index is 1.31. The van der Waals surface area contributed by atoms with E-state index in [0.29, 0.717) is 30.1 Å². The number of hydrogen-bond acceptors (Lipinski definition) is 8. The van der Waals surface area contributed by atoms with Gasteiger partial charge in [-0.15, -0.1) is 0 Å². The summed E-state index contributed by atoms with van der Waals surface area (Å²) >= 11 is 6.68. The lowest BCUT2D eigenvalue weighted by Gasteiger charge is -2.41. The highest BCUT2D eigenvalue weighted by molar-refractivity contribution is 6.32. The summed E-state index contributed by atoms with van der Waals surface area (Å²) in [6.07, 6.45) is 7.00. The van der Waals surface area contributed by atoms with Crippen LogP contribution in [0, 0.1) is 22.2 Å². The van der Waals surface area contributed by atoms with Gasteiger partial charge in [0.05, 0.1) is 42.0 Å². The first kappa shape index (κ1) is 23.0. The van der Waals surface area contributed by atoms with Crippen molar-refractivity contribution in [2.45, 2.75) is 44.6 Å². The van der Waals surface area contributed by atoms with E-state index in [1.54, 1.807) is 6.20 Å². The molecule has 2 saturated heterocycles. The summed E-state index contributed by atoms with van der Waals surface area (Å²) in [6.45, 7) is 6.32. The molecule has 3 heterocycles. The molecule has 1 aliphatic carbocycles. The zero-order valence-corrected chi connectivity index (χ0v) is 20.2. The van der Waals surface area contributed by atoms with Gasteiger partial charge in [-0.2, -0.15) is 5.26 Å². The number of nitrogens with zero attached hydrogens (tertiary/aromatic N) is 4. The van der Waals surface area contributed by atoms with Crippen LogP contribution in [0.5, 0.6) is 0 Å². The summed E-state index contributed by atoms with van der Waals surface area (Å²) < 4.78 is 5.35. The largest absolute Gasteiger partial charge is 0.385 e. The van der Waals surface area contributed by atoms with Crippen molar-refractivity contribution in [2.24, 2.45) is 5.41 Å². The van der Waals surface area contributed by atoms with Gasteiger partial charge in [-0.05, 0) is 69.3 Å². The monoisotopic (exact) mass is 479 g/mol. The number of nitrogens with one attached hydrogen (secondary N) is 3. The van der Waals surface area contributed by atoms with E-state index in [2.05, 4.69) is 32.7 Å². The van der Waals surface area contributed by atoms with Crippen molar-refractivity contribution in [3.05, 3.63) is 40.3 Å². The lowest BCUT2D eigenvalue weighted by atomic mass is 9.88. The van der Waals surface area contributed by atoms with Crippen LogP contribution in [0.3, 0.4) is 0 Å². The number of likely N-dealkylation sites (tertiary alicyclic amines) is 1. The number of benzene rings is 1. The standard InChI is InChI=1S/C25H30ClN7O/c1-16(30-15-25(14-28)4-5-25)23(10-27)32-24-29-11-18-8-21(26)20(9-22(18)31-24)17-2-6-33(7-3-17)19-12-34-13-19/h8-11,17,19,27,30H,2-7,12-13,15H2,1H3,(H,29,31,32)/b23-16+,27-10?. The average molecular weight is 480 g/mol. The Hall–Kier alpha value is -2.73. The van der Waals surface area contributed by atoms with Crippen molar-refractivity contribution < 1.29 is 4.74 Å². The summed E-state index contributed by atoms with van der Waals surface area (Å²) in [7, 11) is 0. The first-order valence-electron chi connectivity index (χ1n) is 11.9. The summed E-state index contributed by atoms with van der Waals surface area (Å²) in [5, 5.41) is 25.2. The SMILES string of the molecule is C/C(NCC1(C#N)CC1)=C(/C=N)Nc1ncc2cc(Cl)c(C3CCN(C4COC4)CC3)cc2n1. The molecular weight excluding hydrogens is 450 g/mol. The zero-order chi connectivity index (χ0) is 23.7. The van der Waals surface area contributed by atoms with Crippen molar-refractivity contribution >= 4 is 34.7 Å². The molecule has 2 aliphatic heterocycles. The van der Waals surface area contributed by atoms with Crippen molar-refractivity contribution in [2.75, 3.05) is 38.2 Å². The fourth-order valence-electron chi connectivity index (χ4n) is 4.68. The molecule has 9 heteroatoms. The molecule has 1 aromatic heterocycles. The van der Waals surface area contributed by atoms with Crippen molar-refractivity contribution in [1.82, 2.24) is 20.2 Å². The molecule has 5 rings (SSSR count). The summed E-state index contributed by atoms with van der Waals surface area (Å²) in [6, 6.07) is 7.02. The van der Waals surface area contributed by atoms with E-state index in [-0.39, 0.29) is 5.41 Å². The molecule has 0 bridgehead atoms. The molecule has 0 amide bonds. The highest BCUT2D eigenvalue weighted by atomic mass is 35.5. The minimum Gasteiger partial charge on any atom is -0.385 e. The Morgan fingerprint density at radius 2 is 2.12 bits per heavy atom. The van der Waals surface area contributed by atoms with Crippen LogP contribution in [0.4, 0.5) is 5.95 Å². The van der Waals surface area contributed by atoms with Crippen LogP contribution in [0.25, 0.3) is 10.9 Å². The smallest absolute Gasteiger partial charge is 0.227 e. The fraction of sp³-hybridized carbons (Fsp3) is 0.520. The predicted octanol–water partition coefficient (Wildman–Crippen LogP) is 4.05. The third-order valence-electron chi connectivity index (χ3n) is 7.38. The number of nitriles is 1. The third-order valence-corrected chi connectivity index (χ3v) is 7.71. The van der Waals surface area contributed by atoms with Crippen LogP contribution < -0.4 is 10.6 Å². The fourth-order valence-corrected chi connectivity index (χ4v) is 5.01. The average Bonchev–Trinajstić information content (AvgIpc) is 3.61. The molecule has 3 fully saturated rings. The van der Waals surface area contributed by atoms with Gasteiger partial charge >= 0.3 is 0 Å². The number of fused-ring (bicyclic) bond motifs is 1. The van der Waals surface area contributed by atoms with Crippen LogP contribution in [0.15, 0.2) is 29.7 Å². The lowest BCUT2D eigenvalue weighted by molar-refractivity contribution is -0.0712. The Morgan fingerprint density at radius 1 is 1.35 bits per heavy atom. The highest BCUT2D eigenvalue weighted by Gasteiger charge is 2.42. The second-order valence-electron chi connectivity index (χ2n) is 9.68. The highest BCUT2D eigenvalue weighted by Crippen LogP contribution is 2.44. The maximum absolute atomic E-state index is 9.28. The first-order valence-corrected chi connectivity index (χ1v) is 12.3. The molecule has 0 radical (unpaired) electrons. The van der Waals surface area contributed by atoms with E-state index >= 15 is 0 Å². The van der Waals surface area contributed by atoms with Gasteiger partial charge in [-0.1, -0.05) is 11.6 Å². The molecule has 1 saturated carbocycles. The molecule has 0 spiro atoms. The lowest BCUT2D eigenvalue weighted by Crippen LogP contribution is -2.51. The van der Waals surface area contributed by atoms with Gasteiger partial charge < -0.3 is 20.8 Å². The van der Waals surface area contributed by atoms with E-state index in [4.69, 9.17) is 26.7 Å². The second-order valence-corrected chi connectivity index (χ2v) is 10.1. The molecule has 34 heavy (non-hydrogen) atoms. The molecule has 0 unspecified atom stereocenters. The number of ether oxygens (including phenoxy) is 1. The third kappa shape index (κ3) is 4.74. The summed E-state index contributed by atoms with van der Waals surface area (Å²) in [4.78, 5) is 11.7. The number of hydrogen-bond donors (Lipinski definition) is 3. The minimum atomic E-state index is -0.259. The maximum Gasteiger partial charge on any atom is 0.227 e. The summed E-state index contributed by atoms with van der Waals surface area (Å²) in [5.74, 6) is 0.848. The number of piperidine rings is 1. The molecule has 2 aromatic rings. The van der Waals surface area contributed by atoms with Crippen molar-refractivity contribution in [3.63, 3.8) is 0 Å². The Bertz CT molecular complexity index is 1160. The maximum atomic E-state index is 9.28. The van der Waals surface area contributed by atoms with Gasteiger partial charge in [-0.3, -0.25) is 4.90 Å². The Morgan fingerprint density at radius 3 is 2.74 bits per heavy atom. The Kier molecular flexibility index (Phi) is 6.43. The predicted molar refractivity (Wildman–Crippen MR) is 133 cm³/mol. The summed E-state index contributed by atoms with van der Waals surface area (Å²) in [5.41, 5.74) is 3.10. The number of allylic oxidation sites excluding steroid dienone is 2. The molecule has 0 atom stereocenters. The van der Waals surface area contributed by atoms with Crippen LogP contribution in [0.1, 0.15) is 44.1 Å². The van der Waals surface area contributed by atoms with Crippen LogP contribution in [-0.4, -0.2) is 60.0 Å². The number of rotatable bonds is 8. The number of aromatic nitrogens is 2. The first-order chi connectivity index (χ1) is 16.5. The second kappa shape index (κ2) is 9.49. The van der Waals surface area contributed by atoms with Gasteiger partial charge in [0, 0.05) is 35.1 Å². The minimum absolute atomic E-state index is 0.259. The quantitative estimate of drug-likeness (QED) is 0.490. The van der Waals surface area contributed by atoms with Crippen LogP contribution in [0.2, 0.25) is 5.02 Å². The van der Waals surface area contributed by atoms with Gasteiger partial charge in [0.1, 0.15) is 0 Å². The molecule has 1 aromatic carbocycles. The van der Waals surface area contributed by atoms with Crippen molar-refractivity contribution in [1.29, 1.82) is 10.7 Å². The van der Waals surface area contributed by atoms with Gasteiger partial charge in [0.15, 0.2) is 0 Å². The number of anilines is 1. The van der Waals surface area contributed by atoms with Crippen LogP contribution in [-0.2, 0) is 4.74 Å². The van der Waals surface area contributed by atoms with Gasteiger partial charge in [-0.25, -0.2) is 9.97 Å². The Labute approximate surface area is 204 Å². The normalized spacial score (nSPS) is 21.3. The van der Waals surface area contributed by atoms with Crippen LogP contribution >= 0.6 is 11.6 Å². The van der Waals surface area contributed by atoms with E-state index < -0.39 is 0 Å². The van der Waals surface area contributed by atoms with Gasteiger partial charge in [0.2, 0.25) is 5.95 Å². The topological polar surface area (TPSA) is 110 Å². The van der Waals surface area contributed by atoms with Gasteiger partial charge in [0.25, 0.3) is 0 Å².